The highest BCUT2D eigenvalue weighted by Gasteiger charge is 2.13. The van der Waals surface area contributed by atoms with E-state index in [0.717, 1.165) is 19.5 Å². The third-order valence-corrected chi connectivity index (χ3v) is 3.22. The molecule has 1 amide bonds. The summed E-state index contributed by atoms with van der Waals surface area (Å²) >= 11 is 0. The number of carbonyl (C=O) groups excluding carboxylic acids is 1. The number of nitrogens with zero attached hydrogens (tertiary/aromatic N) is 1. The number of amides is 1. The third kappa shape index (κ3) is 4.94. The molecule has 0 spiro atoms. The standard InChI is InChI=1S/C12H25N3O/c1-11(5-6-13)12(16)14-7-10-15-8-3-2-4-9-15/h11H,2-10,13H2,1H3,(H,14,16). The Morgan fingerprint density at radius 3 is 2.69 bits per heavy atom. The van der Waals surface area contributed by atoms with Crippen molar-refractivity contribution in [2.75, 3.05) is 32.7 Å². The summed E-state index contributed by atoms with van der Waals surface area (Å²) in [5.74, 6) is 0.189. The zero-order valence-corrected chi connectivity index (χ0v) is 10.4. The van der Waals surface area contributed by atoms with E-state index >= 15 is 0 Å². The molecule has 1 aliphatic heterocycles. The molecule has 0 aliphatic carbocycles. The quantitative estimate of drug-likeness (QED) is 0.697. The Morgan fingerprint density at radius 2 is 2.06 bits per heavy atom. The molecule has 94 valence electrons. The van der Waals surface area contributed by atoms with E-state index in [1.807, 2.05) is 6.92 Å². The lowest BCUT2D eigenvalue weighted by Gasteiger charge is -2.26. The minimum atomic E-state index is 0.0476. The Kier molecular flexibility index (Phi) is 6.42. The summed E-state index contributed by atoms with van der Waals surface area (Å²) in [5, 5.41) is 2.98. The van der Waals surface area contributed by atoms with Crippen LogP contribution in [0.2, 0.25) is 0 Å². The molecule has 1 atom stereocenters. The highest BCUT2D eigenvalue weighted by atomic mass is 16.1. The van der Waals surface area contributed by atoms with Crippen molar-refractivity contribution in [3.63, 3.8) is 0 Å². The fourth-order valence-electron chi connectivity index (χ4n) is 2.08. The lowest BCUT2D eigenvalue weighted by molar-refractivity contribution is -0.124. The number of nitrogens with one attached hydrogen (secondary N) is 1. The smallest absolute Gasteiger partial charge is 0.222 e. The fraction of sp³-hybridized carbons (Fsp3) is 0.917. The van der Waals surface area contributed by atoms with Gasteiger partial charge in [0.1, 0.15) is 0 Å². The first-order chi connectivity index (χ1) is 7.74. The Labute approximate surface area is 98.6 Å². The molecule has 0 saturated carbocycles. The van der Waals surface area contributed by atoms with E-state index < -0.39 is 0 Å². The average molecular weight is 227 g/mol. The van der Waals surface area contributed by atoms with Crippen molar-refractivity contribution in [1.82, 2.24) is 10.2 Å². The van der Waals surface area contributed by atoms with Gasteiger partial charge in [-0.3, -0.25) is 4.79 Å². The Balaban J connectivity index is 2.07. The van der Waals surface area contributed by atoms with Crippen LogP contribution in [0.5, 0.6) is 0 Å². The minimum Gasteiger partial charge on any atom is -0.355 e. The predicted molar refractivity (Wildman–Crippen MR) is 66.1 cm³/mol. The molecule has 3 N–H and O–H groups in total. The van der Waals surface area contributed by atoms with Crippen LogP contribution in [0.4, 0.5) is 0 Å². The summed E-state index contributed by atoms with van der Waals surface area (Å²) in [4.78, 5) is 14.0. The van der Waals surface area contributed by atoms with Crippen molar-refractivity contribution in [1.29, 1.82) is 0 Å². The van der Waals surface area contributed by atoms with E-state index in [2.05, 4.69) is 10.2 Å². The second kappa shape index (κ2) is 7.63. The topological polar surface area (TPSA) is 58.4 Å². The van der Waals surface area contributed by atoms with Gasteiger partial charge >= 0.3 is 0 Å². The Hall–Kier alpha value is -0.610. The third-order valence-electron chi connectivity index (χ3n) is 3.22. The normalized spacial score (nSPS) is 19.4. The summed E-state index contributed by atoms with van der Waals surface area (Å²) in [6.07, 6.45) is 4.74. The number of hydrogen-bond donors (Lipinski definition) is 2. The van der Waals surface area contributed by atoms with Gasteiger partial charge in [-0.05, 0) is 38.9 Å². The van der Waals surface area contributed by atoms with Gasteiger partial charge in [0.05, 0.1) is 0 Å². The molecular weight excluding hydrogens is 202 g/mol. The van der Waals surface area contributed by atoms with Gasteiger partial charge in [-0.25, -0.2) is 0 Å². The molecule has 4 nitrogen and oxygen atoms in total. The summed E-state index contributed by atoms with van der Waals surface area (Å²) in [6, 6.07) is 0. The molecule has 0 bridgehead atoms. The van der Waals surface area contributed by atoms with Crippen molar-refractivity contribution in [2.45, 2.75) is 32.6 Å². The predicted octanol–water partition coefficient (Wildman–Crippen LogP) is 0.573. The fourth-order valence-corrected chi connectivity index (χ4v) is 2.08. The van der Waals surface area contributed by atoms with E-state index in [9.17, 15) is 4.79 Å². The van der Waals surface area contributed by atoms with Crippen LogP contribution in [0.3, 0.4) is 0 Å². The monoisotopic (exact) mass is 227 g/mol. The SMILES string of the molecule is CC(CCN)C(=O)NCCN1CCCCC1. The molecule has 1 rings (SSSR count). The van der Waals surface area contributed by atoms with Gasteiger partial charge in [0, 0.05) is 19.0 Å². The summed E-state index contributed by atoms with van der Waals surface area (Å²) in [6.45, 7) is 6.65. The number of likely N-dealkylation sites (tertiary alicyclic amines) is 1. The maximum absolute atomic E-state index is 11.6. The molecule has 0 radical (unpaired) electrons. The van der Waals surface area contributed by atoms with Crippen molar-refractivity contribution < 1.29 is 4.79 Å². The summed E-state index contributed by atoms with van der Waals surface area (Å²) in [5.41, 5.74) is 5.42. The largest absolute Gasteiger partial charge is 0.355 e. The molecule has 1 aliphatic rings. The first-order valence-electron chi connectivity index (χ1n) is 6.44. The molecule has 16 heavy (non-hydrogen) atoms. The maximum atomic E-state index is 11.6. The van der Waals surface area contributed by atoms with Crippen LogP contribution in [0, 0.1) is 5.92 Å². The molecule has 1 saturated heterocycles. The van der Waals surface area contributed by atoms with E-state index in [0.29, 0.717) is 6.54 Å². The number of rotatable bonds is 6. The summed E-state index contributed by atoms with van der Waals surface area (Å²) < 4.78 is 0. The number of nitrogens with two attached hydrogens (primary N) is 1. The lowest BCUT2D eigenvalue weighted by Crippen LogP contribution is -2.39. The van der Waals surface area contributed by atoms with Crippen LogP contribution in [0.1, 0.15) is 32.6 Å². The van der Waals surface area contributed by atoms with Crippen LogP contribution in [-0.4, -0.2) is 43.5 Å². The minimum absolute atomic E-state index is 0.0476. The molecule has 1 heterocycles. The zero-order valence-electron chi connectivity index (χ0n) is 10.4. The van der Waals surface area contributed by atoms with Gasteiger partial charge in [0.25, 0.3) is 0 Å². The molecule has 1 fully saturated rings. The van der Waals surface area contributed by atoms with Crippen molar-refractivity contribution >= 4 is 5.91 Å². The number of hydrogen-bond acceptors (Lipinski definition) is 3. The molecule has 0 aromatic rings. The molecule has 1 unspecified atom stereocenters. The van der Waals surface area contributed by atoms with Crippen molar-refractivity contribution in [2.24, 2.45) is 11.7 Å². The van der Waals surface area contributed by atoms with E-state index in [-0.39, 0.29) is 11.8 Å². The Morgan fingerprint density at radius 1 is 1.38 bits per heavy atom. The van der Waals surface area contributed by atoms with E-state index in [1.165, 1.54) is 32.4 Å². The van der Waals surface area contributed by atoms with Gasteiger partial charge in [0.2, 0.25) is 5.91 Å². The lowest BCUT2D eigenvalue weighted by atomic mass is 10.1. The zero-order chi connectivity index (χ0) is 11.8. The van der Waals surface area contributed by atoms with Gasteiger partial charge in [-0.1, -0.05) is 13.3 Å². The first-order valence-corrected chi connectivity index (χ1v) is 6.44. The highest BCUT2D eigenvalue weighted by molar-refractivity contribution is 5.78. The van der Waals surface area contributed by atoms with Gasteiger partial charge in [-0.15, -0.1) is 0 Å². The Bertz CT molecular complexity index is 202. The van der Waals surface area contributed by atoms with Crippen molar-refractivity contribution in [3.05, 3.63) is 0 Å². The van der Waals surface area contributed by atoms with E-state index in [4.69, 9.17) is 5.73 Å². The second-order valence-corrected chi connectivity index (χ2v) is 4.67. The van der Waals surface area contributed by atoms with Gasteiger partial charge < -0.3 is 16.0 Å². The highest BCUT2D eigenvalue weighted by Crippen LogP contribution is 2.07. The number of piperidine rings is 1. The first kappa shape index (κ1) is 13.5. The maximum Gasteiger partial charge on any atom is 0.222 e. The molecular formula is C12H25N3O. The molecule has 0 aromatic heterocycles. The molecule has 0 aromatic carbocycles. The van der Waals surface area contributed by atoms with Gasteiger partial charge in [0.15, 0.2) is 0 Å². The van der Waals surface area contributed by atoms with Gasteiger partial charge in [-0.2, -0.15) is 0 Å². The second-order valence-electron chi connectivity index (χ2n) is 4.67. The van der Waals surface area contributed by atoms with Crippen LogP contribution in [0.15, 0.2) is 0 Å². The van der Waals surface area contributed by atoms with Crippen LogP contribution in [0.25, 0.3) is 0 Å². The average Bonchev–Trinajstić information content (AvgIpc) is 2.30. The number of carbonyl (C=O) groups is 1. The van der Waals surface area contributed by atoms with Crippen LogP contribution in [-0.2, 0) is 4.79 Å². The van der Waals surface area contributed by atoms with Crippen LogP contribution < -0.4 is 11.1 Å². The summed E-state index contributed by atoms with van der Waals surface area (Å²) in [7, 11) is 0. The van der Waals surface area contributed by atoms with Crippen LogP contribution >= 0.6 is 0 Å². The van der Waals surface area contributed by atoms with Crippen molar-refractivity contribution in [3.8, 4) is 0 Å². The van der Waals surface area contributed by atoms with E-state index in [1.54, 1.807) is 0 Å². The molecule has 4 heteroatoms.